The van der Waals surface area contributed by atoms with Gasteiger partial charge in [-0.05, 0) is 30.4 Å². The number of nitrogens with one attached hydrogen (secondary N) is 2. The van der Waals surface area contributed by atoms with Gasteiger partial charge in [0.25, 0.3) is 5.91 Å². The highest BCUT2D eigenvalue weighted by Gasteiger charge is 2.15. The van der Waals surface area contributed by atoms with E-state index in [1.54, 1.807) is 17.0 Å². The number of thiazole rings is 1. The number of aromatic nitrogens is 4. The van der Waals surface area contributed by atoms with Crippen molar-refractivity contribution in [1.29, 1.82) is 0 Å². The van der Waals surface area contributed by atoms with E-state index in [1.807, 2.05) is 0 Å². The summed E-state index contributed by atoms with van der Waals surface area (Å²) in [6, 6.07) is 3.80. The molecule has 0 fully saturated rings. The summed E-state index contributed by atoms with van der Waals surface area (Å²) in [5.74, 6) is -0.520. The third-order valence-corrected chi connectivity index (χ3v) is 4.66. The van der Waals surface area contributed by atoms with Crippen LogP contribution in [-0.2, 0) is 13.5 Å². The van der Waals surface area contributed by atoms with Gasteiger partial charge in [0, 0.05) is 17.5 Å². The summed E-state index contributed by atoms with van der Waals surface area (Å²) in [5, 5.41) is 11.8. The summed E-state index contributed by atoms with van der Waals surface area (Å²) in [7, 11) is 1.80. The molecule has 2 aromatic heterocycles. The zero-order valence-electron chi connectivity index (χ0n) is 12.3. The van der Waals surface area contributed by atoms with Gasteiger partial charge in [-0.25, -0.2) is 9.37 Å². The second kappa shape index (κ2) is 6.80. The number of H-pyrrole nitrogens is 1. The highest BCUT2D eigenvalue weighted by atomic mass is 35.5. The number of carbonyl (C=O) groups excluding carboxylic acids is 1. The average Bonchev–Trinajstić information content (AvgIpc) is 3.11. The van der Waals surface area contributed by atoms with Gasteiger partial charge in [-0.2, -0.15) is 5.10 Å². The number of rotatable bonds is 4. The van der Waals surface area contributed by atoms with Crippen molar-refractivity contribution >= 4 is 46.2 Å². The monoisotopic (exact) mass is 383 g/mol. The van der Waals surface area contributed by atoms with Gasteiger partial charge in [-0.15, -0.1) is 11.3 Å². The Bertz CT molecular complexity index is 964. The van der Waals surface area contributed by atoms with Crippen LogP contribution in [0.25, 0.3) is 0 Å². The molecule has 0 atom stereocenters. The van der Waals surface area contributed by atoms with Crippen LogP contribution in [0.2, 0.25) is 5.02 Å². The smallest absolute Gasteiger partial charge is 0.260 e. The Morgan fingerprint density at radius 1 is 1.54 bits per heavy atom. The largest absolute Gasteiger partial charge is 0.307 e. The van der Waals surface area contributed by atoms with Crippen molar-refractivity contribution < 1.29 is 9.18 Å². The van der Waals surface area contributed by atoms with Crippen LogP contribution in [0.5, 0.6) is 0 Å². The predicted octanol–water partition coefficient (Wildman–Crippen LogP) is 3.57. The van der Waals surface area contributed by atoms with E-state index in [1.165, 1.54) is 23.5 Å². The summed E-state index contributed by atoms with van der Waals surface area (Å²) < 4.78 is 16.0. The van der Waals surface area contributed by atoms with Crippen LogP contribution in [0.3, 0.4) is 0 Å². The summed E-state index contributed by atoms with van der Waals surface area (Å²) in [6.45, 7) is 0. The quantitative estimate of drug-likeness (QED) is 0.675. The summed E-state index contributed by atoms with van der Waals surface area (Å²) in [5.41, 5.74) is 0.590. The Morgan fingerprint density at radius 2 is 2.33 bits per heavy atom. The van der Waals surface area contributed by atoms with Crippen LogP contribution >= 0.6 is 35.2 Å². The van der Waals surface area contributed by atoms with Crippen molar-refractivity contribution in [1.82, 2.24) is 19.7 Å². The maximum Gasteiger partial charge on any atom is 0.260 e. The molecule has 0 aliphatic heterocycles. The molecule has 0 radical (unpaired) electrons. The molecule has 1 aromatic carbocycles. The van der Waals surface area contributed by atoms with Crippen molar-refractivity contribution in [2.75, 3.05) is 5.32 Å². The number of aromatic amines is 1. The van der Waals surface area contributed by atoms with E-state index in [9.17, 15) is 9.18 Å². The number of benzene rings is 1. The molecule has 124 valence electrons. The standard InChI is InChI=1S/C14H11ClFN5OS2/c1-21-11(19-20-14(21)23)5-8-6-24-13(17-8)18-12(22)9-4-7(15)2-3-10(9)16/h2-4,6H,5H2,1H3,(H,20,23)(H,17,18,22). The van der Waals surface area contributed by atoms with Gasteiger partial charge in [0.2, 0.25) is 0 Å². The fourth-order valence-corrected chi connectivity index (χ4v) is 3.01. The minimum Gasteiger partial charge on any atom is -0.307 e. The lowest BCUT2D eigenvalue weighted by Crippen LogP contribution is -2.13. The Kier molecular flexibility index (Phi) is 4.74. The third-order valence-electron chi connectivity index (χ3n) is 3.26. The molecule has 0 saturated heterocycles. The molecule has 0 spiro atoms. The molecular weight excluding hydrogens is 373 g/mol. The van der Waals surface area contributed by atoms with E-state index < -0.39 is 11.7 Å². The summed E-state index contributed by atoms with van der Waals surface area (Å²) in [6.07, 6.45) is 0.460. The summed E-state index contributed by atoms with van der Waals surface area (Å²) in [4.78, 5) is 16.4. The predicted molar refractivity (Wildman–Crippen MR) is 92.7 cm³/mol. The molecule has 3 rings (SSSR count). The Balaban J connectivity index is 1.74. The maximum atomic E-state index is 13.7. The molecule has 10 heteroatoms. The Morgan fingerprint density at radius 3 is 3.04 bits per heavy atom. The van der Waals surface area contributed by atoms with Gasteiger partial charge in [0.15, 0.2) is 9.90 Å². The van der Waals surface area contributed by atoms with Crippen molar-refractivity contribution in [2.45, 2.75) is 6.42 Å². The molecule has 3 aromatic rings. The molecule has 2 heterocycles. The highest BCUT2D eigenvalue weighted by Crippen LogP contribution is 2.20. The highest BCUT2D eigenvalue weighted by molar-refractivity contribution is 7.71. The minimum atomic E-state index is -0.643. The first kappa shape index (κ1) is 16.7. The molecule has 24 heavy (non-hydrogen) atoms. The zero-order valence-corrected chi connectivity index (χ0v) is 14.7. The van der Waals surface area contributed by atoms with Crippen LogP contribution in [0.4, 0.5) is 9.52 Å². The fourth-order valence-electron chi connectivity index (χ4n) is 1.98. The van der Waals surface area contributed by atoms with Crippen molar-refractivity contribution in [3.8, 4) is 0 Å². The van der Waals surface area contributed by atoms with Crippen LogP contribution in [-0.4, -0.2) is 25.7 Å². The maximum absolute atomic E-state index is 13.7. The Hall–Kier alpha value is -2.10. The topological polar surface area (TPSA) is 75.6 Å². The molecule has 0 aliphatic rings. The van der Waals surface area contributed by atoms with E-state index >= 15 is 0 Å². The van der Waals surface area contributed by atoms with Crippen molar-refractivity contribution in [3.63, 3.8) is 0 Å². The van der Waals surface area contributed by atoms with Gasteiger partial charge >= 0.3 is 0 Å². The molecule has 0 bridgehead atoms. The van der Waals surface area contributed by atoms with Crippen molar-refractivity contribution in [3.05, 3.63) is 56.3 Å². The fraction of sp³-hybridized carbons (Fsp3) is 0.143. The number of nitrogens with zero attached hydrogens (tertiary/aromatic N) is 3. The van der Waals surface area contributed by atoms with Gasteiger partial charge in [-0.1, -0.05) is 11.6 Å². The van der Waals surface area contributed by atoms with E-state index in [4.69, 9.17) is 23.8 Å². The lowest BCUT2D eigenvalue weighted by molar-refractivity contribution is 0.102. The first-order valence-electron chi connectivity index (χ1n) is 6.75. The normalized spacial score (nSPS) is 10.8. The second-order valence-corrected chi connectivity index (χ2v) is 6.58. The SMILES string of the molecule is Cn1c(Cc2csc(NC(=O)c3cc(Cl)ccc3F)n2)n[nH]c1=S. The third kappa shape index (κ3) is 3.53. The van der Waals surface area contributed by atoms with E-state index in [2.05, 4.69) is 20.5 Å². The zero-order chi connectivity index (χ0) is 17.3. The van der Waals surface area contributed by atoms with Gasteiger partial charge in [-0.3, -0.25) is 15.2 Å². The number of hydrogen-bond donors (Lipinski definition) is 2. The van der Waals surface area contributed by atoms with Crippen molar-refractivity contribution in [2.24, 2.45) is 7.05 Å². The molecule has 0 aliphatic carbocycles. The molecule has 6 nitrogen and oxygen atoms in total. The van der Waals surface area contributed by atoms with E-state index in [0.717, 1.165) is 17.6 Å². The number of halogens is 2. The van der Waals surface area contributed by atoms with E-state index in [0.29, 0.717) is 16.3 Å². The Labute approximate surface area is 150 Å². The number of carbonyl (C=O) groups is 1. The van der Waals surface area contributed by atoms with Crippen LogP contribution < -0.4 is 5.32 Å². The first-order chi connectivity index (χ1) is 11.4. The number of amides is 1. The number of anilines is 1. The van der Waals surface area contributed by atoms with Gasteiger partial charge < -0.3 is 4.57 Å². The molecule has 0 saturated carbocycles. The lowest BCUT2D eigenvalue weighted by Gasteiger charge is -2.03. The van der Waals surface area contributed by atoms with Gasteiger partial charge in [0.1, 0.15) is 11.6 Å². The summed E-state index contributed by atoms with van der Waals surface area (Å²) >= 11 is 12.1. The molecular formula is C14H11ClFN5OS2. The molecule has 1 amide bonds. The average molecular weight is 384 g/mol. The molecule has 2 N–H and O–H groups in total. The second-order valence-electron chi connectivity index (χ2n) is 4.90. The first-order valence-corrected chi connectivity index (χ1v) is 8.41. The van der Waals surface area contributed by atoms with E-state index in [-0.39, 0.29) is 10.6 Å². The number of hydrogen-bond acceptors (Lipinski definition) is 5. The molecule has 0 unspecified atom stereocenters. The van der Waals surface area contributed by atoms with Crippen LogP contribution in [0.15, 0.2) is 23.6 Å². The minimum absolute atomic E-state index is 0.131. The van der Waals surface area contributed by atoms with Crippen LogP contribution in [0.1, 0.15) is 21.9 Å². The van der Waals surface area contributed by atoms with Crippen LogP contribution in [0, 0.1) is 10.6 Å². The lowest BCUT2D eigenvalue weighted by atomic mass is 10.2. The van der Waals surface area contributed by atoms with Gasteiger partial charge in [0.05, 0.1) is 17.7 Å².